The van der Waals surface area contributed by atoms with Crippen molar-refractivity contribution < 1.29 is 14.6 Å². The van der Waals surface area contributed by atoms with Gasteiger partial charge in [-0.05, 0) is 17.7 Å². The second-order valence-electron chi connectivity index (χ2n) is 5.41. The van der Waals surface area contributed by atoms with Gasteiger partial charge in [0.2, 0.25) is 6.79 Å². The van der Waals surface area contributed by atoms with Gasteiger partial charge in [-0.15, -0.1) is 0 Å². The van der Waals surface area contributed by atoms with E-state index < -0.39 is 0 Å². The topological polar surface area (TPSA) is 56.5 Å². The van der Waals surface area contributed by atoms with Gasteiger partial charge in [0, 0.05) is 24.0 Å². The van der Waals surface area contributed by atoms with Gasteiger partial charge in [0.25, 0.3) is 0 Å². The van der Waals surface area contributed by atoms with E-state index >= 15 is 0 Å². The summed E-state index contributed by atoms with van der Waals surface area (Å²) < 4.78 is 12.8. The highest BCUT2D eigenvalue weighted by Gasteiger charge is 2.34. The molecule has 2 aliphatic heterocycles. The van der Waals surface area contributed by atoms with Crippen molar-refractivity contribution in [2.24, 2.45) is 0 Å². The minimum Gasteiger partial charge on any atom is -0.507 e. The minimum absolute atomic E-state index is 0.110. The minimum atomic E-state index is -0.110. The van der Waals surface area contributed by atoms with E-state index in [2.05, 4.69) is 21.7 Å². The molecule has 0 saturated carbocycles. The van der Waals surface area contributed by atoms with E-state index in [1.54, 1.807) is 12.3 Å². The standard InChI is InChI=1S/C17H12N2O3/c20-13-8-15-14(21-9-22-15)7-11(13)16-10-3-1-2-4-12(10)19-6-5-18-17(16)19/h1-8,16,20H,9H2. The number of benzene rings is 2. The Kier molecular flexibility index (Phi) is 2.14. The highest BCUT2D eigenvalue weighted by atomic mass is 16.7. The Labute approximate surface area is 126 Å². The van der Waals surface area contributed by atoms with Crippen LogP contribution in [0.4, 0.5) is 0 Å². The summed E-state index contributed by atoms with van der Waals surface area (Å²) in [6, 6.07) is 11.6. The fourth-order valence-corrected chi connectivity index (χ4v) is 3.31. The first-order chi connectivity index (χ1) is 10.8. The lowest BCUT2D eigenvalue weighted by molar-refractivity contribution is 0.174. The second kappa shape index (κ2) is 4.04. The summed E-state index contributed by atoms with van der Waals surface area (Å²) >= 11 is 0. The molecule has 3 heterocycles. The first-order valence-corrected chi connectivity index (χ1v) is 7.08. The number of hydrogen-bond acceptors (Lipinski definition) is 4. The number of ether oxygens (including phenoxy) is 2. The number of fused-ring (bicyclic) bond motifs is 4. The molecule has 0 aliphatic carbocycles. The normalized spacial score (nSPS) is 17.4. The van der Waals surface area contributed by atoms with Crippen LogP contribution in [0, 0.1) is 0 Å². The Balaban J connectivity index is 1.77. The van der Waals surface area contributed by atoms with Crippen LogP contribution in [-0.4, -0.2) is 21.5 Å². The van der Waals surface area contributed by atoms with Gasteiger partial charge >= 0.3 is 0 Å². The smallest absolute Gasteiger partial charge is 0.231 e. The number of nitrogens with zero attached hydrogens (tertiary/aromatic N) is 2. The van der Waals surface area contributed by atoms with Gasteiger partial charge in [-0.2, -0.15) is 0 Å². The van der Waals surface area contributed by atoms with Crippen molar-refractivity contribution in [3.05, 3.63) is 65.7 Å². The zero-order chi connectivity index (χ0) is 14.7. The van der Waals surface area contributed by atoms with Crippen molar-refractivity contribution in [2.45, 2.75) is 5.92 Å². The molecule has 0 bridgehead atoms. The van der Waals surface area contributed by atoms with Crippen LogP contribution in [0.25, 0.3) is 5.69 Å². The lowest BCUT2D eigenvalue weighted by atomic mass is 9.91. The molecule has 0 saturated heterocycles. The van der Waals surface area contributed by atoms with E-state index in [1.807, 2.05) is 24.4 Å². The number of rotatable bonds is 1. The van der Waals surface area contributed by atoms with Crippen LogP contribution >= 0.6 is 0 Å². The third kappa shape index (κ3) is 1.40. The molecule has 1 atom stereocenters. The predicted octanol–water partition coefficient (Wildman–Crippen LogP) is 2.80. The molecule has 5 heteroatoms. The molecule has 22 heavy (non-hydrogen) atoms. The van der Waals surface area contributed by atoms with E-state index in [9.17, 15) is 5.11 Å². The van der Waals surface area contributed by atoms with Gasteiger partial charge in [-0.3, -0.25) is 0 Å². The lowest BCUT2D eigenvalue weighted by Crippen LogP contribution is -2.01. The van der Waals surface area contributed by atoms with Crippen molar-refractivity contribution in [3.63, 3.8) is 0 Å². The highest BCUT2D eigenvalue weighted by Crippen LogP contribution is 2.47. The number of imidazole rings is 1. The Morgan fingerprint density at radius 2 is 1.91 bits per heavy atom. The average molecular weight is 292 g/mol. The van der Waals surface area contributed by atoms with E-state index in [1.165, 1.54) is 0 Å². The fourth-order valence-electron chi connectivity index (χ4n) is 3.31. The van der Waals surface area contributed by atoms with Crippen LogP contribution < -0.4 is 9.47 Å². The van der Waals surface area contributed by atoms with Crippen LogP contribution in [0.2, 0.25) is 0 Å². The Morgan fingerprint density at radius 1 is 1.09 bits per heavy atom. The fraction of sp³-hybridized carbons (Fsp3) is 0.118. The summed E-state index contributed by atoms with van der Waals surface area (Å²) in [6.45, 7) is 0.189. The molecule has 1 N–H and O–H groups in total. The molecule has 0 radical (unpaired) electrons. The van der Waals surface area contributed by atoms with Crippen molar-refractivity contribution in [1.82, 2.24) is 9.55 Å². The third-order valence-electron chi connectivity index (χ3n) is 4.27. The second-order valence-corrected chi connectivity index (χ2v) is 5.41. The van der Waals surface area contributed by atoms with Crippen molar-refractivity contribution >= 4 is 0 Å². The zero-order valence-electron chi connectivity index (χ0n) is 11.6. The Morgan fingerprint density at radius 3 is 2.82 bits per heavy atom. The van der Waals surface area contributed by atoms with Gasteiger partial charge in [0.05, 0.1) is 11.6 Å². The van der Waals surface area contributed by atoms with Gasteiger partial charge in [-0.25, -0.2) is 4.98 Å². The maximum Gasteiger partial charge on any atom is 0.231 e. The van der Waals surface area contributed by atoms with Crippen molar-refractivity contribution in [2.75, 3.05) is 6.79 Å². The highest BCUT2D eigenvalue weighted by molar-refractivity contribution is 5.62. The number of phenols is 1. The van der Waals surface area contributed by atoms with Crippen LogP contribution in [0.1, 0.15) is 22.9 Å². The van der Waals surface area contributed by atoms with E-state index in [0.717, 1.165) is 22.6 Å². The van der Waals surface area contributed by atoms with Gasteiger partial charge < -0.3 is 19.1 Å². The number of hydrogen-bond donors (Lipinski definition) is 1. The lowest BCUT2D eigenvalue weighted by Gasteiger charge is -2.14. The van der Waals surface area contributed by atoms with Crippen LogP contribution in [0.5, 0.6) is 17.2 Å². The van der Waals surface area contributed by atoms with E-state index in [-0.39, 0.29) is 18.5 Å². The molecule has 5 nitrogen and oxygen atoms in total. The van der Waals surface area contributed by atoms with Crippen LogP contribution in [-0.2, 0) is 0 Å². The van der Waals surface area contributed by atoms with Crippen molar-refractivity contribution in [3.8, 4) is 22.9 Å². The number of aromatic hydroxyl groups is 1. The van der Waals surface area contributed by atoms with E-state index in [0.29, 0.717) is 11.5 Å². The molecule has 1 aromatic heterocycles. The quantitative estimate of drug-likeness (QED) is 0.586. The molecule has 3 aromatic rings. The SMILES string of the molecule is Oc1cc2c(cc1C1c3ccccc3-n3ccnc31)OCO2. The molecule has 5 rings (SSSR count). The first-order valence-electron chi connectivity index (χ1n) is 7.08. The van der Waals surface area contributed by atoms with Gasteiger partial charge in [0.1, 0.15) is 11.6 Å². The summed E-state index contributed by atoms with van der Waals surface area (Å²) in [5, 5.41) is 10.5. The molecule has 108 valence electrons. The maximum atomic E-state index is 10.5. The van der Waals surface area contributed by atoms with Crippen LogP contribution in [0.3, 0.4) is 0 Å². The monoisotopic (exact) mass is 292 g/mol. The molecule has 0 amide bonds. The molecule has 0 fully saturated rings. The zero-order valence-corrected chi connectivity index (χ0v) is 11.6. The Hall–Kier alpha value is -2.95. The van der Waals surface area contributed by atoms with Gasteiger partial charge in [-0.1, -0.05) is 18.2 Å². The molecule has 1 unspecified atom stereocenters. The average Bonchev–Trinajstić information content (AvgIpc) is 3.21. The molecule has 2 aromatic carbocycles. The maximum absolute atomic E-state index is 10.5. The Bertz CT molecular complexity index is 901. The third-order valence-corrected chi connectivity index (χ3v) is 4.27. The van der Waals surface area contributed by atoms with Gasteiger partial charge in [0.15, 0.2) is 11.5 Å². The molecular formula is C17H12N2O3. The largest absolute Gasteiger partial charge is 0.507 e. The van der Waals surface area contributed by atoms with Crippen LogP contribution in [0.15, 0.2) is 48.8 Å². The summed E-state index contributed by atoms with van der Waals surface area (Å²) in [5.41, 5.74) is 3.00. The van der Waals surface area contributed by atoms with Crippen molar-refractivity contribution in [1.29, 1.82) is 0 Å². The summed E-state index contributed by atoms with van der Waals surface area (Å²) in [7, 11) is 0. The summed E-state index contributed by atoms with van der Waals surface area (Å²) in [5.74, 6) is 2.22. The first kappa shape index (κ1) is 11.7. The summed E-state index contributed by atoms with van der Waals surface area (Å²) in [4.78, 5) is 4.48. The summed E-state index contributed by atoms with van der Waals surface area (Å²) in [6.07, 6.45) is 3.72. The number of aromatic nitrogens is 2. The molecule has 0 spiro atoms. The molecule has 2 aliphatic rings. The molecular weight excluding hydrogens is 280 g/mol. The number of phenolic OH excluding ortho intramolecular Hbond substituents is 1. The van der Waals surface area contributed by atoms with E-state index in [4.69, 9.17) is 9.47 Å². The number of para-hydroxylation sites is 1. The predicted molar refractivity (Wildman–Crippen MR) is 78.7 cm³/mol.